The van der Waals surface area contributed by atoms with Gasteiger partial charge in [0, 0.05) is 67.3 Å². The second-order valence-corrected chi connectivity index (χ2v) is 12.4. The zero-order valence-electron chi connectivity index (χ0n) is 22.9. The molecule has 0 atom stereocenters. The lowest BCUT2D eigenvalue weighted by Crippen LogP contribution is -2.53. The van der Waals surface area contributed by atoms with E-state index in [1.54, 1.807) is 4.90 Å². The molecular weight excluding hydrogens is 464 g/mol. The van der Waals surface area contributed by atoms with Crippen LogP contribution in [0.15, 0.2) is 41.3 Å². The highest BCUT2D eigenvalue weighted by Gasteiger charge is 2.26. The van der Waals surface area contributed by atoms with Gasteiger partial charge in [-0.25, -0.2) is 0 Å². The Hall–Kier alpha value is -2.18. The molecule has 2 heterocycles. The molecule has 1 N–H and O–H groups in total. The number of unbranched alkanes of at least 4 members (excludes halogenated alkanes) is 3. The number of piperazine rings is 1. The molecule has 0 bridgehead atoms. The molecule has 2 aromatic carbocycles. The van der Waals surface area contributed by atoms with E-state index in [2.05, 4.69) is 79.2 Å². The maximum absolute atomic E-state index is 11.9. The quantitative estimate of drug-likeness (QED) is 0.306. The molecule has 2 aliphatic heterocycles. The molecule has 1 saturated heterocycles. The number of aryl methyl sites for hydroxylation is 1. The van der Waals surface area contributed by atoms with Crippen LogP contribution in [0.5, 0.6) is 0 Å². The molecule has 6 heteroatoms. The van der Waals surface area contributed by atoms with Crippen LogP contribution in [-0.2, 0) is 11.2 Å². The molecule has 5 nitrogen and oxygen atoms in total. The van der Waals surface area contributed by atoms with Crippen molar-refractivity contribution in [1.82, 2.24) is 4.90 Å². The zero-order chi connectivity index (χ0) is 25.7. The number of carbonyl (C=O) groups excluding carboxylic acids is 1. The lowest BCUT2D eigenvalue weighted by atomic mass is 10.0. The zero-order valence-corrected chi connectivity index (χ0v) is 23.7. The number of likely N-dealkylation sites (N-methyl/N-ethyl adjacent to an activating group) is 1. The van der Waals surface area contributed by atoms with Crippen LogP contribution in [0.2, 0.25) is 0 Å². The van der Waals surface area contributed by atoms with Gasteiger partial charge in [-0.3, -0.25) is 9.69 Å². The predicted molar refractivity (Wildman–Crippen MR) is 156 cm³/mol. The van der Waals surface area contributed by atoms with Crippen molar-refractivity contribution in [3.05, 3.63) is 47.5 Å². The number of nitrogens with one attached hydrogen (secondary N) is 1. The minimum absolute atomic E-state index is 0.196. The highest BCUT2D eigenvalue weighted by atomic mass is 32.2. The van der Waals surface area contributed by atoms with E-state index in [1.165, 1.54) is 53.1 Å². The fourth-order valence-electron chi connectivity index (χ4n) is 5.28. The molecule has 1 fully saturated rings. The van der Waals surface area contributed by atoms with Crippen molar-refractivity contribution in [3.8, 4) is 0 Å². The summed E-state index contributed by atoms with van der Waals surface area (Å²) in [6.07, 6.45) is 5.50. The van der Waals surface area contributed by atoms with Crippen LogP contribution < -0.4 is 15.1 Å². The summed E-state index contributed by atoms with van der Waals surface area (Å²) in [6.45, 7) is 14.7. The van der Waals surface area contributed by atoms with Gasteiger partial charge >= 0.3 is 0 Å². The molecule has 1 amide bonds. The lowest BCUT2D eigenvalue weighted by molar-refractivity contribution is -0.117. The van der Waals surface area contributed by atoms with Gasteiger partial charge in [-0.15, -0.1) is 11.8 Å². The Morgan fingerprint density at radius 1 is 0.917 bits per heavy atom. The summed E-state index contributed by atoms with van der Waals surface area (Å²) >= 11 is 1.91. The Kier molecular flexibility index (Phi) is 8.89. The van der Waals surface area contributed by atoms with Gasteiger partial charge in [-0.1, -0.05) is 12.8 Å². The van der Waals surface area contributed by atoms with Crippen LogP contribution in [0.3, 0.4) is 0 Å². The molecule has 0 unspecified atom stereocenters. The van der Waals surface area contributed by atoms with Crippen molar-refractivity contribution in [2.45, 2.75) is 70.2 Å². The smallest absolute Gasteiger partial charge is 0.231 e. The number of anilines is 3. The maximum atomic E-state index is 11.9. The predicted octanol–water partition coefficient (Wildman–Crippen LogP) is 6.20. The first-order valence-corrected chi connectivity index (χ1v) is 14.6. The van der Waals surface area contributed by atoms with Crippen LogP contribution >= 0.6 is 11.8 Å². The maximum Gasteiger partial charge on any atom is 0.231 e. The molecule has 0 saturated carbocycles. The number of amides is 1. The molecule has 2 aromatic rings. The van der Waals surface area contributed by atoms with Crippen molar-refractivity contribution in [2.24, 2.45) is 0 Å². The van der Waals surface area contributed by atoms with Crippen LogP contribution in [0.1, 0.15) is 57.6 Å². The molecule has 36 heavy (non-hydrogen) atoms. The number of rotatable bonds is 10. The van der Waals surface area contributed by atoms with Crippen molar-refractivity contribution >= 4 is 34.7 Å². The monoisotopic (exact) mass is 508 g/mol. The highest BCUT2D eigenvalue weighted by Crippen LogP contribution is 2.32. The van der Waals surface area contributed by atoms with Gasteiger partial charge in [0.25, 0.3) is 0 Å². The third kappa shape index (κ3) is 6.77. The topological polar surface area (TPSA) is 38.8 Å². The first-order valence-electron chi connectivity index (χ1n) is 13.6. The largest absolute Gasteiger partial charge is 0.385 e. The van der Waals surface area contributed by atoms with Gasteiger partial charge < -0.3 is 15.1 Å². The first kappa shape index (κ1) is 26.9. The summed E-state index contributed by atoms with van der Waals surface area (Å²) in [6, 6.07) is 13.3. The molecular formula is C30H44N4OS. The summed E-state index contributed by atoms with van der Waals surface area (Å²) in [5, 5.41) is 3.63. The summed E-state index contributed by atoms with van der Waals surface area (Å²) in [7, 11) is 1.86. The van der Waals surface area contributed by atoms with E-state index in [0.29, 0.717) is 6.42 Å². The van der Waals surface area contributed by atoms with Crippen LogP contribution in [0, 0.1) is 6.92 Å². The molecule has 0 aromatic heterocycles. The number of hydrogen-bond acceptors (Lipinski definition) is 5. The standard InChI is InChI=1S/C30H44N4OS/c1-23-20-25(10-12-27(23)33-15-17-34(18-16-33)30(2,3)4)31-14-8-6-7-9-19-36-26-11-13-28-24(21-26)22-29(35)32(28)5/h10-13,20-21,31H,6-9,14-19,22H2,1-5H3. The van der Waals surface area contributed by atoms with Gasteiger partial charge in [0.05, 0.1) is 6.42 Å². The van der Waals surface area contributed by atoms with Crippen molar-refractivity contribution < 1.29 is 4.79 Å². The second-order valence-electron chi connectivity index (χ2n) is 11.3. The van der Waals surface area contributed by atoms with E-state index in [-0.39, 0.29) is 11.4 Å². The Labute approximate surface area is 222 Å². The van der Waals surface area contributed by atoms with E-state index >= 15 is 0 Å². The molecule has 4 rings (SSSR count). The lowest BCUT2D eigenvalue weighted by Gasteiger charge is -2.43. The van der Waals surface area contributed by atoms with Crippen molar-refractivity contribution in [3.63, 3.8) is 0 Å². The average molecular weight is 509 g/mol. The Morgan fingerprint density at radius 2 is 1.64 bits per heavy atom. The van der Waals surface area contributed by atoms with E-state index in [4.69, 9.17) is 0 Å². The first-order chi connectivity index (χ1) is 17.2. The van der Waals surface area contributed by atoms with Gasteiger partial charge in [0.15, 0.2) is 0 Å². The number of fused-ring (bicyclic) bond motifs is 1. The molecule has 0 radical (unpaired) electrons. The van der Waals surface area contributed by atoms with Crippen LogP contribution in [0.4, 0.5) is 17.1 Å². The SMILES string of the molecule is Cc1cc(NCCCCCCSc2ccc3c(c2)CC(=O)N3C)ccc1N1CCN(C(C)(C)C)CC1. The summed E-state index contributed by atoms with van der Waals surface area (Å²) in [4.78, 5) is 20.0. The highest BCUT2D eigenvalue weighted by molar-refractivity contribution is 7.99. The number of carbonyl (C=O) groups is 1. The molecule has 0 aliphatic carbocycles. The Balaban J connectivity index is 1.10. The third-order valence-corrected chi connectivity index (χ3v) is 8.64. The second kappa shape index (κ2) is 11.9. The summed E-state index contributed by atoms with van der Waals surface area (Å²) in [5.74, 6) is 1.34. The fraction of sp³-hybridized carbons (Fsp3) is 0.567. The minimum Gasteiger partial charge on any atom is -0.385 e. The van der Waals surface area contributed by atoms with Crippen molar-refractivity contribution in [2.75, 3.05) is 60.6 Å². The van der Waals surface area contributed by atoms with Crippen molar-refractivity contribution in [1.29, 1.82) is 0 Å². The molecule has 196 valence electrons. The van der Waals surface area contributed by atoms with Gasteiger partial charge in [0.1, 0.15) is 0 Å². The Morgan fingerprint density at radius 3 is 2.36 bits per heavy atom. The van der Waals surface area contributed by atoms with E-state index < -0.39 is 0 Å². The van der Waals surface area contributed by atoms with E-state index in [9.17, 15) is 4.79 Å². The summed E-state index contributed by atoms with van der Waals surface area (Å²) < 4.78 is 0. The number of nitrogens with zero attached hydrogens (tertiary/aromatic N) is 3. The Bertz CT molecular complexity index is 1040. The third-order valence-electron chi connectivity index (χ3n) is 7.56. The minimum atomic E-state index is 0.196. The summed E-state index contributed by atoms with van der Waals surface area (Å²) in [5.41, 5.74) is 6.49. The average Bonchev–Trinajstić information content (AvgIpc) is 3.13. The van der Waals surface area contributed by atoms with E-state index in [0.717, 1.165) is 44.2 Å². The fourth-order valence-corrected chi connectivity index (χ4v) is 6.25. The van der Waals surface area contributed by atoms with Gasteiger partial charge in [0.2, 0.25) is 5.91 Å². The number of thioether (sulfide) groups is 1. The van der Waals surface area contributed by atoms with Gasteiger partial charge in [-0.2, -0.15) is 0 Å². The number of benzene rings is 2. The normalized spacial score (nSPS) is 16.5. The molecule has 2 aliphatic rings. The number of hydrogen-bond donors (Lipinski definition) is 1. The van der Waals surface area contributed by atoms with Gasteiger partial charge in [-0.05, 0) is 93.8 Å². The van der Waals surface area contributed by atoms with Crippen LogP contribution in [0.25, 0.3) is 0 Å². The van der Waals surface area contributed by atoms with E-state index in [1.807, 2.05) is 18.8 Å². The van der Waals surface area contributed by atoms with Crippen LogP contribution in [-0.4, -0.2) is 61.9 Å². The molecule has 0 spiro atoms.